The van der Waals surface area contributed by atoms with Crippen LogP contribution in [0.25, 0.3) is 34.4 Å². The summed E-state index contributed by atoms with van der Waals surface area (Å²) < 4.78 is 0. The van der Waals surface area contributed by atoms with Crippen molar-refractivity contribution >= 4 is 12.2 Å². The van der Waals surface area contributed by atoms with Gasteiger partial charge >= 0.3 is 0 Å². The van der Waals surface area contributed by atoms with Crippen molar-refractivity contribution < 1.29 is 0 Å². The predicted molar refractivity (Wildman–Crippen MR) is 132 cm³/mol. The Balaban J connectivity index is 1.81. The number of fused-ring (bicyclic) bond motifs is 10. The topological polar surface area (TPSA) is 0 Å². The lowest BCUT2D eigenvalue weighted by atomic mass is 9.70. The summed E-state index contributed by atoms with van der Waals surface area (Å²) in [6, 6.07) is 31.9. The Kier molecular flexibility index (Phi) is 3.91. The van der Waals surface area contributed by atoms with Gasteiger partial charge in [-0.15, -0.1) is 0 Å². The molecule has 0 aromatic heterocycles. The van der Waals surface area contributed by atoms with Gasteiger partial charge in [0.05, 0.1) is 5.41 Å². The smallest absolute Gasteiger partial charge is 0.0725 e. The lowest BCUT2D eigenvalue weighted by molar-refractivity contribution is 0.793. The molecule has 0 N–H and O–H groups in total. The van der Waals surface area contributed by atoms with Crippen molar-refractivity contribution in [1.82, 2.24) is 0 Å². The number of hydrogen-bond acceptors (Lipinski definition) is 0. The highest BCUT2D eigenvalue weighted by molar-refractivity contribution is 5.95. The van der Waals surface area contributed by atoms with Gasteiger partial charge in [0.15, 0.2) is 0 Å². The Bertz CT molecular complexity index is 1290. The Morgan fingerprint density at radius 2 is 0.903 bits per heavy atom. The van der Waals surface area contributed by atoms with Crippen LogP contribution in [0.4, 0.5) is 0 Å². The Morgan fingerprint density at radius 1 is 0.484 bits per heavy atom. The van der Waals surface area contributed by atoms with E-state index in [1.807, 2.05) is 0 Å². The molecule has 0 unspecified atom stereocenters. The summed E-state index contributed by atoms with van der Waals surface area (Å²) in [5.74, 6) is 0. The number of rotatable bonds is 2. The molecule has 6 rings (SSSR count). The van der Waals surface area contributed by atoms with Crippen molar-refractivity contribution in [2.75, 3.05) is 0 Å². The minimum absolute atomic E-state index is 0.271. The summed E-state index contributed by atoms with van der Waals surface area (Å²) in [5.41, 5.74) is 13.2. The zero-order valence-corrected chi connectivity index (χ0v) is 17.9. The van der Waals surface area contributed by atoms with Crippen LogP contribution >= 0.6 is 0 Å². The van der Waals surface area contributed by atoms with Gasteiger partial charge in [-0.1, -0.05) is 97.1 Å². The number of allylic oxidation sites excluding steroid dienone is 2. The van der Waals surface area contributed by atoms with Crippen LogP contribution in [-0.2, 0) is 5.41 Å². The molecule has 0 saturated carbocycles. The SMILES string of the molecule is C/C=C/c1ccc2c(c1)C1(c3ccccc3-2)c2ccccc2-c2ccc(/C=C/C)cc21. The Morgan fingerprint density at radius 3 is 1.35 bits per heavy atom. The number of hydrogen-bond donors (Lipinski definition) is 0. The molecule has 0 amide bonds. The van der Waals surface area contributed by atoms with E-state index in [4.69, 9.17) is 0 Å². The van der Waals surface area contributed by atoms with E-state index in [1.165, 1.54) is 55.6 Å². The molecule has 31 heavy (non-hydrogen) atoms. The summed E-state index contributed by atoms with van der Waals surface area (Å²) in [4.78, 5) is 0. The molecule has 0 saturated heterocycles. The normalized spacial score (nSPS) is 14.8. The van der Waals surface area contributed by atoms with Crippen molar-refractivity contribution in [2.24, 2.45) is 0 Å². The highest BCUT2D eigenvalue weighted by Crippen LogP contribution is 2.62. The van der Waals surface area contributed by atoms with Gasteiger partial charge in [0.1, 0.15) is 0 Å². The highest BCUT2D eigenvalue weighted by Gasteiger charge is 2.51. The predicted octanol–water partition coefficient (Wildman–Crippen LogP) is 8.10. The fourth-order valence-electron chi connectivity index (χ4n) is 5.77. The van der Waals surface area contributed by atoms with Gasteiger partial charge in [0.25, 0.3) is 0 Å². The van der Waals surface area contributed by atoms with Crippen LogP contribution in [0.15, 0.2) is 97.1 Å². The van der Waals surface area contributed by atoms with Gasteiger partial charge in [-0.2, -0.15) is 0 Å². The molecule has 2 aliphatic rings. The standard InChI is InChI=1S/C31H24/c1-3-9-21-15-17-25-23-11-5-7-13-27(23)31(29(25)19-21)28-14-8-6-12-24(28)26-18-16-22(10-4-2)20-30(26)31/h3-20H,1-2H3/b9-3+,10-4+. The quantitative estimate of drug-likeness (QED) is 0.277. The summed E-state index contributed by atoms with van der Waals surface area (Å²) >= 11 is 0. The monoisotopic (exact) mass is 396 g/mol. The van der Waals surface area contributed by atoms with Crippen LogP contribution in [0.3, 0.4) is 0 Å². The van der Waals surface area contributed by atoms with Crippen molar-refractivity contribution in [1.29, 1.82) is 0 Å². The zero-order chi connectivity index (χ0) is 21.0. The van der Waals surface area contributed by atoms with E-state index in [1.54, 1.807) is 0 Å². The van der Waals surface area contributed by atoms with E-state index in [-0.39, 0.29) is 5.41 Å². The molecule has 4 aromatic rings. The molecular formula is C31H24. The summed E-state index contributed by atoms with van der Waals surface area (Å²) in [6.45, 7) is 4.17. The van der Waals surface area contributed by atoms with Crippen LogP contribution in [0, 0.1) is 0 Å². The lowest BCUT2D eigenvalue weighted by Gasteiger charge is -2.30. The first-order chi connectivity index (χ1) is 15.3. The maximum Gasteiger partial charge on any atom is 0.0725 e. The molecule has 148 valence electrons. The van der Waals surface area contributed by atoms with Crippen LogP contribution in [0.2, 0.25) is 0 Å². The van der Waals surface area contributed by atoms with Gasteiger partial charge in [-0.3, -0.25) is 0 Å². The molecule has 0 heteroatoms. The van der Waals surface area contributed by atoms with E-state index in [0.717, 1.165) is 0 Å². The molecular weight excluding hydrogens is 372 g/mol. The van der Waals surface area contributed by atoms with Gasteiger partial charge in [-0.25, -0.2) is 0 Å². The largest absolute Gasteiger partial charge is 0.0871 e. The fraction of sp³-hybridized carbons (Fsp3) is 0.0968. The van der Waals surface area contributed by atoms with Gasteiger partial charge < -0.3 is 0 Å². The molecule has 0 atom stereocenters. The first-order valence-corrected chi connectivity index (χ1v) is 11.0. The van der Waals surface area contributed by atoms with Crippen molar-refractivity contribution in [3.05, 3.63) is 130 Å². The molecule has 1 spiro atoms. The van der Waals surface area contributed by atoms with Crippen molar-refractivity contribution in [3.8, 4) is 22.3 Å². The molecule has 0 heterocycles. The van der Waals surface area contributed by atoms with Gasteiger partial charge in [0.2, 0.25) is 0 Å². The average molecular weight is 397 g/mol. The molecule has 0 bridgehead atoms. The maximum atomic E-state index is 2.41. The lowest BCUT2D eigenvalue weighted by Crippen LogP contribution is -2.26. The molecule has 0 nitrogen and oxygen atoms in total. The second-order valence-electron chi connectivity index (χ2n) is 8.45. The summed E-state index contributed by atoms with van der Waals surface area (Å²) in [5, 5.41) is 0. The van der Waals surface area contributed by atoms with E-state index in [2.05, 4.69) is 123 Å². The molecule has 0 radical (unpaired) electrons. The van der Waals surface area contributed by atoms with E-state index >= 15 is 0 Å². The van der Waals surface area contributed by atoms with E-state index < -0.39 is 0 Å². The van der Waals surface area contributed by atoms with Gasteiger partial charge in [-0.05, 0) is 81.6 Å². The van der Waals surface area contributed by atoms with E-state index in [9.17, 15) is 0 Å². The minimum atomic E-state index is -0.271. The third-order valence-corrected chi connectivity index (χ3v) is 6.86. The van der Waals surface area contributed by atoms with Crippen LogP contribution in [0.1, 0.15) is 47.2 Å². The second-order valence-corrected chi connectivity index (χ2v) is 8.45. The van der Waals surface area contributed by atoms with Crippen LogP contribution in [0.5, 0.6) is 0 Å². The van der Waals surface area contributed by atoms with Crippen LogP contribution in [-0.4, -0.2) is 0 Å². The molecule has 2 aliphatic carbocycles. The maximum absolute atomic E-state index is 2.41. The van der Waals surface area contributed by atoms with Gasteiger partial charge in [0, 0.05) is 0 Å². The first-order valence-electron chi connectivity index (χ1n) is 11.0. The second kappa shape index (κ2) is 6.68. The highest BCUT2D eigenvalue weighted by atomic mass is 14.5. The third kappa shape index (κ3) is 2.31. The average Bonchev–Trinajstić information content (AvgIpc) is 3.26. The summed E-state index contributed by atoms with van der Waals surface area (Å²) in [7, 11) is 0. The molecule has 4 aromatic carbocycles. The summed E-state index contributed by atoms with van der Waals surface area (Å²) in [6.07, 6.45) is 8.65. The third-order valence-electron chi connectivity index (χ3n) is 6.86. The van der Waals surface area contributed by atoms with Crippen molar-refractivity contribution in [3.63, 3.8) is 0 Å². The Hall–Kier alpha value is -3.64. The number of benzene rings is 4. The molecule has 0 aliphatic heterocycles. The van der Waals surface area contributed by atoms with E-state index in [0.29, 0.717) is 0 Å². The fourth-order valence-corrected chi connectivity index (χ4v) is 5.77. The molecule has 0 fully saturated rings. The van der Waals surface area contributed by atoms with Crippen molar-refractivity contribution in [2.45, 2.75) is 19.3 Å². The first kappa shape index (κ1) is 18.2. The zero-order valence-electron chi connectivity index (χ0n) is 17.9. The Labute approximate surface area is 184 Å². The van der Waals surface area contributed by atoms with Crippen LogP contribution < -0.4 is 0 Å². The minimum Gasteiger partial charge on any atom is -0.0871 e.